The minimum atomic E-state index is 0.771. The molecule has 1 heterocycles. The largest absolute Gasteiger partial charge is 0.311 e. The van der Waals surface area contributed by atoms with Gasteiger partial charge in [0.2, 0.25) is 0 Å². The van der Waals surface area contributed by atoms with Crippen molar-refractivity contribution in [2.75, 3.05) is 19.6 Å². The fourth-order valence-electron chi connectivity index (χ4n) is 3.31. The summed E-state index contributed by atoms with van der Waals surface area (Å²) in [6.07, 6.45) is 12.2. The molecular formula is C17H36N2. The molecule has 0 bridgehead atoms. The van der Waals surface area contributed by atoms with Gasteiger partial charge < -0.3 is 10.2 Å². The van der Waals surface area contributed by atoms with E-state index in [0.717, 1.165) is 12.1 Å². The van der Waals surface area contributed by atoms with Crippen molar-refractivity contribution in [2.24, 2.45) is 0 Å². The van der Waals surface area contributed by atoms with Crippen LogP contribution in [0.5, 0.6) is 0 Å². The summed E-state index contributed by atoms with van der Waals surface area (Å²) in [6.45, 7) is 10.8. The third-order valence-electron chi connectivity index (χ3n) is 4.38. The van der Waals surface area contributed by atoms with Crippen LogP contribution in [-0.4, -0.2) is 36.6 Å². The molecule has 0 amide bonds. The molecule has 1 fully saturated rings. The monoisotopic (exact) mass is 268 g/mol. The first-order chi connectivity index (χ1) is 9.30. The lowest BCUT2D eigenvalue weighted by Crippen LogP contribution is -2.39. The molecule has 1 saturated heterocycles. The first-order valence-corrected chi connectivity index (χ1v) is 8.78. The SMILES string of the molecule is CCCCC(CCC)NC1CCCN(CCC)CC1. The Labute approximate surface area is 121 Å². The summed E-state index contributed by atoms with van der Waals surface area (Å²) in [7, 11) is 0. The van der Waals surface area contributed by atoms with Crippen molar-refractivity contribution < 1.29 is 0 Å². The van der Waals surface area contributed by atoms with Crippen LogP contribution in [0.2, 0.25) is 0 Å². The highest BCUT2D eigenvalue weighted by Gasteiger charge is 2.18. The van der Waals surface area contributed by atoms with Crippen LogP contribution in [-0.2, 0) is 0 Å². The number of nitrogens with zero attached hydrogens (tertiary/aromatic N) is 1. The van der Waals surface area contributed by atoms with Gasteiger partial charge in [-0.25, -0.2) is 0 Å². The number of hydrogen-bond donors (Lipinski definition) is 1. The summed E-state index contributed by atoms with van der Waals surface area (Å²) in [5, 5.41) is 3.97. The van der Waals surface area contributed by atoms with Gasteiger partial charge in [-0.05, 0) is 58.2 Å². The Hall–Kier alpha value is -0.0800. The van der Waals surface area contributed by atoms with Crippen LogP contribution in [0.15, 0.2) is 0 Å². The smallest absolute Gasteiger partial charge is 0.00823 e. The Morgan fingerprint density at radius 2 is 1.84 bits per heavy atom. The van der Waals surface area contributed by atoms with E-state index in [1.807, 2.05) is 0 Å². The quantitative estimate of drug-likeness (QED) is 0.674. The third-order valence-corrected chi connectivity index (χ3v) is 4.38. The second-order valence-corrected chi connectivity index (χ2v) is 6.26. The number of nitrogens with one attached hydrogen (secondary N) is 1. The normalized spacial score (nSPS) is 23.2. The Morgan fingerprint density at radius 3 is 2.53 bits per heavy atom. The zero-order valence-corrected chi connectivity index (χ0v) is 13.6. The van der Waals surface area contributed by atoms with Crippen LogP contribution in [0, 0.1) is 0 Å². The first-order valence-electron chi connectivity index (χ1n) is 8.78. The Kier molecular flexibility index (Phi) is 9.54. The van der Waals surface area contributed by atoms with E-state index in [-0.39, 0.29) is 0 Å². The lowest BCUT2D eigenvalue weighted by atomic mass is 10.0. The van der Waals surface area contributed by atoms with Crippen LogP contribution < -0.4 is 5.32 Å². The highest BCUT2D eigenvalue weighted by molar-refractivity contribution is 4.78. The van der Waals surface area contributed by atoms with Gasteiger partial charge in [0.25, 0.3) is 0 Å². The van der Waals surface area contributed by atoms with E-state index in [1.165, 1.54) is 77.4 Å². The van der Waals surface area contributed by atoms with E-state index >= 15 is 0 Å². The molecule has 0 aromatic carbocycles. The minimum Gasteiger partial charge on any atom is -0.311 e. The zero-order chi connectivity index (χ0) is 13.9. The average Bonchev–Trinajstić information content (AvgIpc) is 2.62. The van der Waals surface area contributed by atoms with Crippen LogP contribution in [0.1, 0.15) is 78.6 Å². The van der Waals surface area contributed by atoms with E-state index in [1.54, 1.807) is 0 Å². The molecule has 19 heavy (non-hydrogen) atoms. The summed E-state index contributed by atoms with van der Waals surface area (Å²) in [5.41, 5.74) is 0. The molecule has 0 aromatic rings. The summed E-state index contributed by atoms with van der Waals surface area (Å²) in [5.74, 6) is 0. The standard InChI is InChI=1S/C17H36N2/c1-4-7-10-16(9-5-2)18-17-11-8-14-19(13-6-3)15-12-17/h16-18H,4-15H2,1-3H3. The van der Waals surface area contributed by atoms with Gasteiger partial charge in [-0.1, -0.05) is 40.0 Å². The van der Waals surface area contributed by atoms with E-state index < -0.39 is 0 Å². The van der Waals surface area contributed by atoms with Gasteiger partial charge in [0.15, 0.2) is 0 Å². The maximum absolute atomic E-state index is 3.97. The molecule has 0 saturated carbocycles. The predicted molar refractivity (Wildman–Crippen MR) is 85.7 cm³/mol. The summed E-state index contributed by atoms with van der Waals surface area (Å²) >= 11 is 0. The molecule has 0 spiro atoms. The van der Waals surface area contributed by atoms with Crippen molar-refractivity contribution in [3.05, 3.63) is 0 Å². The Bertz CT molecular complexity index is 205. The lowest BCUT2D eigenvalue weighted by Gasteiger charge is -2.25. The Balaban J connectivity index is 2.32. The number of rotatable bonds is 9. The fraction of sp³-hybridized carbons (Fsp3) is 1.00. The molecule has 2 nitrogen and oxygen atoms in total. The Morgan fingerprint density at radius 1 is 1.00 bits per heavy atom. The summed E-state index contributed by atoms with van der Waals surface area (Å²) in [4.78, 5) is 2.66. The van der Waals surface area contributed by atoms with E-state index in [2.05, 4.69) is 31.0 Å². The molecule has 1 rings (SSSR count). The molecule has 1 N–H and O–H groups in total. The van der Waals surface area contributed by atoms with Gasteiger partial charge in [0.05, 0.1) is 0 Å². The molecule has 1 aliphatic heterocycles. The van der Waals surface area contributed by atoms with Crippen LogP contribution in [0.25, 0.3) is 0 Å². The lowest BCUT2D eigenvalue weighted by molar-refractivity contribution is 0.279. The molecule has 2 unspecified atom stereocenters. The second kappa shape index (κ2) is 10.7. The maximum atomic E-state index is 3.97. The second-order valence-electron chi connectivity index (χ2n) is 6.26. The average molecular weight is 268 g/mol. The van der Waals surface area contributed by atoms with Gasteiger partial charge in [0, 0.05) is 12.1 Å². The topological polar surface area (TPSA) is 15.3 Å². The molecule has 114 valence electrons. The van der Waals surface area contributed by atoms with Gasteiger partial charge in [0.1, 0.15) is 0 Å². The minimum absolute atomic E-state index is 0.771. The van der Waals surface area contributed by atoms with Crippen molar-refractivity contribution in [3.8, 4) is 0 Å². The van der Waals surface area contributed by atoms with E-state index in [4.69, 9.17) is 0 Å². The predicted octanol–water partition coefficient (Wildman–Crippen LogP) is 4.20. The number of hydrogen-bond acceptors (Lipinski definition) is 2. The molecule has 1 aliphatic rings. The molecule has 2 heteroatoms. The molecule has 0 radical (unpaired) electrons. The van der Waals surface area contributed by atoms with Crippen LogP contribution in [0.3, 0.4) is 0 Å². The molecule has 2 atom stereocenters. The number of likely N-dealkylation sites (tertiary alicyclic amines) is 1. The zero-order valence-electron chi connectivity index (χ0n) is 13.6. The van der Waals surface area contributed by atoms with Crippen molar-refractivity contribution in [1.82, 2.24) is 10.2 Å². The van der Waals surface area contributed by atoms with Gasteiger partial charge in [-0.3, -0.25) is 0 Å². The molecule has 0 aliphatic carbocycles. The van der Waals surface area contributed by atoms with Gasteiger partial charge >= 0.3 is 0 Å². The van der Waals surface area contributed by atoms with Crippen molar-refractivity contribution in [3.63, 3.8) is 0 Å². The summed E-state index contributed by atoms with van der Waals surface area (Å²) < 4.78 is 0. The van der Waals surface area contributed by atoms with Crippen molar-refractivity contribution in [1.29, 1.82) is 0 Å². The molecule has 0 aromatic heterocycles. The van der Waals surface area contributed by atoms with Gasteiger partial charge in [-0.2, -0.15) is 0 Å². The maximum Gasteiger partial charge on any atom is 0.00823 e. The fourth-order valence-corrected chi connectivity index (χ4v) is 3.31. The van der Waals surface area contributed by atoms with E-state index in [9.17, 15) is 0 Å². The highest BCUT2D eigenvalue weighted by atomic mass is 15.1. The van der Waals surface area contributed by atoms with E-state index in [0.29, 0.717) is 0 Å². The number of unbranched alkanes of at least 4 members (excludes halogenated alkanes) is 1. The van der Waals surface area contributed by atoms with Crippen LogP contribution >= 0.6 is 0 Å². The van der Waals surface area contributed by atoms with Crippen LogP contribution in [0.4, 0.5) is 0 Å². The van der Waals surface area contributed by atoms with Crippen molar-refractivity contribution >= 4 is 0 Å². The summed E-state index contributed by atoms with van der Waals surface area (Å²) in [6, 6.07) is 1.54. The highest BCUT2D eigenvalue weighted by Crippen LogP contribution is 2.15. The third kappa shape index (κ3) is 7.31. The first kappa shape index (κ1) is 17.0. The molecular weight excluding hydrogens is 232 g/mol. The van der Waals surface area contributed by atoms with Gasteiger partial charge in [-0.15, -0.1) is 0 Å². The van der Waals surface area contributed by atoms with Crippen molar-refractivity contribution in [2.45, 2.75) is 90.6 Å².